The van der Waals surface area contributed by atoms with Gasteiger partial charge in [0.25, 0.3) is 0 Å². The van der Waals surface area contributed by atoms with Crippen LogP contribution in [0.15, 0.2) is 18.2 Å². The largest absolute Gasteiger partial charge is 0.465 e. The van der Waals surface area contributed by atoms with Crippen molar-refractivity contribution in [1.29, 1.82) is 0 Å². The number of ether oxygens (including phenoxy) is 2. The van der Waals surface area contributed by atoms with Crippen molar-refractivity contribution in [2.24, 2.45) is 5.73 Å². The molecule has 130 valence electrons. The van der Waals surface area contributed by atoms with E-state index in [1.807, 2.05) is 0 Å². The van der Waals surface area contributed by atoms with Gasteiger partial charge in [-0.05, 0) is 31.7 Å². The molecule has 0 aromatic heterocycles. The van der Waals surface area contributed by atoms with Crippen LogP contribution in [0.4, 0.5) is 4.39 Å². The van der Waals surface area contributed by atoms with Gasteiger partial charge >= 0.3 is 5.97 Å². The van der Waals surface area contributed by atoms with Crippen LogP contribution in [0, 0.1) is 5.82 Å². The number of benzene rings is 1. The molecule has 7 heteroatoms. The first-order valence-corrected chi connectivity index (χ1v) is 7.98. The average molecular weight is 336 g/mol. The highest BCUT2D eigenvalue weighted by Crippen LogP contribution is 2.47. The molecule has 0 unspecified atom stereocenters. The topological polar surface area (TPSA) is 90.7 Å². The van der Waals surface area contributed by atoms with Gasteiger partial charge in [0.1, 0.15) is 5.82 Å². The number of hydrogen-bond donors (Lipinski definition) is 2. The summed E-state index contributed by atoms with van der Waals surface area (Å²) in [6.45, 7) is 0.867. The highest BCUT2D eigenvalue weighted by Gasteiger charge is 2.50. The van der Waals surface area contributed by atoms with E-state index in [0.29, 0.717) is 44.5 Å². The van der Waals surface area contributed by atoms with E-state index in [1.165, 1.54) is 13.2 Å². The Labute approximate surface area is 139 Å². The van der Waals surface area contributed by atoms with E-state index in [1.54, 1.807) is 12.1 Å². The Balaban J connectivity index is 1.84. The Morgan fingerprint density at radius 2 is 1.92 bits per heavy atom. The molecule has 2 fully saturated rings. The van der Waals surface area contributed by atoms with Gasteiger partial charge in [0.05, 0.1) is 23.8 Å². The summed E-state index contributed by atoms with van der Waals surface area (Å²) in [6.07, 6.45) is 2.07. The lowest BCUT2D eigenvalue weighted by Gasteiger charge is -2.33. The van der Waals surface area contributed by atoms with Gasteiger partial charge in [0.15, 0.2) is 0 Å². The van der Waals surface area contributed by atoms with Crippen LogP contribution in [-0.4, -0.2) is 37.7 Å². The second-order valence-electron chi connectivity index (χ2n) is 6.46. The molecule has 3 N–H and O–H groups in total. The standard InChI is InChI=1S/C17H21FN2O4/c1-23-14(21)11-3-2-4-12(13(11)18)17(5-6-17)20-15(22)16(19)7-9-24-10-8-16/h2-4H,5-10,19H2,1H3,(H,20,22). The molecule has 1 saturated carbocycles. The molecular formula is C17H21FN2O4. The summed E-state index contributed by atoms with van der Waals surface area (Å²) in [5.74, 6) is -1.69. The summed E-state index contributed by atoms with van der Waals surface area (Å²) in [6, 6.07) is 4.54. The maximum Gasteiger partial charge on any atom is 0.340 e. The molecular weight excluding hydrogens is 315 g/mol. The molecule has 1 saturated heterocycles. The number of methoxy groups -OCH3 is 1. The zero-order valence-electron chi connectivity index (χ0n) is 13.6. The van der Waals surface area contributed by atoms with Crippen molar-refractivity contribution in [2.45, 2.75) is 36.8 Å². The highest BCUT2D eigenvalue weighted by molar-refractivity contribution is 5.90. The molecule has 1 heterocycles. The predicted octanol–water partition coefficient (Wildman–Crippen LogP) is 1.23. The molecule has 24 heavy (non-hydrogen) atoms. The molecule has 1 aliphatic carbocycles. The summed E-state index contributed by atoms with van der Waals surface area (Å²) in [5.41, 5.74) is 4.57. The predicted molar refractivity (Wildman–Crippen MR) is 83.8 cm³/mol. The number of carbonyl (C=O) groups excluding carboxylic acids is 2. The van der Waals surface area contributed by atoms with Gasteiger partial charge in [-0.15, -0.1) is 0 Å². The number of carbonyl (C=O) groups is 2. The quantitative estimate of drug-likeness (QED) is 0.807. The fourth-order valence-electron chi connectivity index (χ4n) is 3.06. The van der Waals surface area contributed by atoms with Crippen LogP contribution >= 0.6 is 0 Å². The lowest BCUT2D eigenvalue weighted by Crippen LogP contribution is -2.58. The Bertz CT molecular complexity index is 667. The smallest absolute Gasteiger partial charge is 0.340 e. The number of rotatable bonds is 4. The van der Waals surface area contributed by atoms with Gasteiger partial charge in [0.2, 0.25) is 5.91 Å². The fraction of sp³-hybridized carbons (Fsp3) is 0.529. The maximum absolute atomic E-state index is 14.7. The molecule has 0 bridgehead atoms. The lowest BCUT2D eigenvalue weighted by atomic mass is 9.89. The summed E-state index contributed by atoms with van der Waals surface area (Å²) in [7, 11) is 1.20. The monoisotopic (exact) mass is 336 g/mol. The van der Waals surface area contributed by atoms with Crippen molar-refractivity contribution in [1.82, 2.24) is 5.32 Å². The normalized spacial score (nSPS) is 21.0. The number of amides is 1. The second kappa shape index (κ2) is 6.14. The van der Waals surface area contributed by atoms with Crippen molar-refractivity contribution < 1.29 is 23.5 Å². The van der Waals surface area contributed by atoms with Crippen molar-refractivity contribution in [3.8, 4) is 0 Å². The Hall–Kier alpha value is -1.99. The van der Waals surface area contributed by atoms with Crippen molar-refractivity contribution >= 4 is 11.9 Å². The Kier molecular flexibility index (Phi) is 4.31. The summed E-state index contributed by atoms with van der Waals surface area (Å²) >= 11 is 0. The lowest BCUT2D eigenvalue weighted by molar-refractivity contribution is -0.130. The molecule has 3 rings (SSSR count). The average Bonchev–Trinajstić information content (AvgIpc) is 3.35. The molecule has 1 aliphatic heterocycles. The minimum atomic E-state index is -0.996. The van der Waals surface area contributed by atoms with Crippen molar-refractivity contribution in [3.63, 3.8) is 0 Å². The molecule has 2 aliphatic rings. The van der Waals surface area contributed by atoms with Crippen LogP contribution < -0.4 is 11.1 Å². The van der Waals surface area contributed by atoms with E-state index >= 15 is 0 Å². The van der Waals surface area contributed by atoms with E-state index in [9.17, 15) is 14.0 Å². The van der Waals surface area contributed by atoms with Crippen LogP contribution in [0.2, 0.25) is 0 Å². The Morgan fingerprint density at radius 1 is 1.25 bits per heavy atom. The van der Waals surface area contributed by atoms with Crippen LogP contribution in [-0.2, 0) is 19.8 Å². The van der Waals surface area contributed by atoms with Crippen LogP contribution in [0.5, 0.6) is 0 Å². The minimum Gasteiger partial charge on any atom is -0.465 e. The second-order valence-corrected chi connectivity index (χ2v) is 6.46. The van der Waals surface area contributed by atoms with Gasteiger partial charge < -0.3 is 20.5 Å². The van der Waals surface area contributed by atoms with Crippen molar-refractivity contribution in [2.75, 3.05) is 20.3 Å². The number of halogens is 1. The molecule has 1 aromatic carbocycles. The van der Waals surface area contributed by atoms with E-state index < -0.39 is 22.9 Å². The number of esters is 1. The molecule has 0 radical (unpaired) electrons. The zero-order valence-corrected chi connectivity index (χ0v) is 13.6. The van der Waals surface area contributed by atoms with E-state index in [4.69, 9.17) is 10.5 Å². The third-order valence-electron chi connectivity index (χ3n) is 4.86. The number of nitrogens with one attached hydrogen (secondary N) is 1. The molecule has 0 atom stereocenters. The van der Waals surface area contributed by atoms with E-state index in [0.717, 1.165) is 0 Å². The van der Waals surface area contributed by atoms with Gasteiger partial charge in [-0.2, -0.15) is 0 Å². The van der Waals surface area contributed by atoms with Gasteiger partial charge in [-0.25, -0.2) is 9.18 Å². The molecule has 0 spiro atoms. The fourth-order valence-corrected chi connectivity index (χ4v) is 3.06. The summed E-state index contributed by atoms with van der Waals surface area (Å²) in [4.78, 5) is 24.3. The first-order chi connectivity index (χ1) is 11.4. The highest BCUT2D eigenvalue weighted by atomic mass is 19.1. The van der Waals surface area contributed by atoms with Gasteiger partial charge in [-0.1, -0.05) is 12.1 Å². The summed E-state index contributed by atoms with van der Waals surface area (Å²) in [5, 5.41) is 2.91. The maximum atomic E-state index is 14.7. The molecule has 6 nitrogen and oxygen atoms in total. The number of hydrogen-bond acceptors (Lipinski definition) is 5. The third-order valence-corrected chi connectivity index (χ3v) is 4.86. The van der Waals surface area contributed by atoms with E-state index in [2.05, 4.69) is 10.1 Å². The molecule has 1 amide bonds. The zero-order chi connectivity index (χ0) is 17.4. The first-order valence-electron chi connectivity index (χ1n) is 7.98. The SMILES string of the molecule is COC(=O)c1cccc(C2(NC(=O)C3(N)CCOCC3)CC2)c1F. The van der Waals surface area contributed by atoms with Gasteiger partial charge in [0, 0.05) is 18.8 Å². The summed E-state index contributed by atoms with van der Waals surface area (Å²) < 4.78 is 24.6. The van der Waals surface area contributed by atoms with E-state index in [-0.39, 0.29) is 11.5 Å². The minimum absolute atomic E-state index is 0.135. The molecule has 1 aromatic rings. The third kappa shape index (κ3) is 2.89. The van der Waals surface area contributed by atoms with Crippen LogP contribution in [0.25, 0.3) is 0 Å². The van der Waals surface area contributed by atoms with Crippen LogP contribution in [0.3, 0.4) is 0 Å². The first kappa shape index (κ1) is 16.9. The van der Waals surface area contributed by atoms with Crippen LogP contribution in [0.1, 0.15) is 41.6 Å². The van der Waals surface area contributed by atoms with Crippen molar-refractivity contribution in [3.05, 3.63) is 35.1 Å². The number of nitrogens with two attached hydrogens (primary N) is 1. The Morgan fingerprint density at radius 3 is 2.50 bits per heavy atom. The van der Waals surface area contributed by atoms with Gasteiger partial charge in [-0.3, -0.25) is 4.79 Å².